The fraction of sp³-hybridized carbons (Fsp3) is 0.190. The molecule has 5 rings (SSSR count). The van der Waals surface area contributed by atoms with Crippen LogP contribution in [0.3, 0.4) is 0 Å². The molecule has 0 aliphatic carbocycles. The topological polar surface area (TPSA) is 40.2 Å². The van der Waals surface area contributed by atoms with E-state index < -0.39 is 0 Å². The predicted octanol–water partition coefficient (Wildman–Crippen LogP) is 2.27. The Morgan fingerprint density at radius 2 is 2.00 bits per heavy atom. The molecule has 0 spiro atoms. The zero-order valence-electron chi connectivity index (χ0n) is 14.6. The normalized spacial score (nSPS) is 16.3. The van der Waals surface area contributed by atoms with Crippen LogP contribution in [0.4, 0.5) is 0 Å². The van der Waals surface area contributed by atoms with Crippen LogP contribution >= 0.6 is 11.3 Å². The fourth-order valence-electron chi connectivity index (χ4n) is 3.50. The van der Waals surface area contributed by atoms with Crippen molar-refractivity contribution in [2.24, 2.45) is 0 Å². The van der Waals surface area contributed by atoms with Crippen molar-refractivity contribution in [1.29, 1.82) is 0 Å². The summed E-state index contributed by atoms with van der Waals surface area (Å²) in [6, 6.07) is 13.2. The summed E-state index contributed by atoms with van der Waals surface area (Å²) in [5, 5.41) is 8.83. The van der Waals surface area contributed by atoms with Gasteiger partial charge in [0.2, 0.25) is 0 Å². The summed E-state index contributed by atoms with van der Waals surface area (Å²) in [6.07, 6.45) is 7.52. The average Bonchev–Trinajstić information content (AvgIpc) is 3.11. The minimum Gasteiger partial charge on any atom is -0.313 e. The Balaban J connectivity index is 1.57. The fourth-order valence-corrected chi connectivity index (χ4v) is 4.50. The maximum Gasteiger partial charge on any atom is 0.124 e. The molecule has 0 amide bonds. The van der Waals surface area contributed by atoms with E-state index in [4.69, 9.17) is 4.98 Å². The van der Waals surface area contributed by atoms with Crippen molar-refractivity contribution in [3.8, 4) is 10.6 Å². The van der Waals surface area contributed by atoms with Crippen LogP contribution in [-0.2, 0) is 0 Å². The Bertz CT molecular complexity index is 1140. The SMILES string of the molecule is CN1C=c2cc(-c3nc4ccc(C5=CCNCC5)cc4s3)ccc2=CN1. The number of nitrogens with zero attached hydrogens (tertiary/aromatic N) is 2. The first kappa shape index (κ1) is 15.6. The lowest BCUT2D eigenvalue weighted by atomic mass is 10.0. The molecule has 0 atom stereocenters. The molecule has 3 aromatic rings. The first-order valence-corrected chi connectivity index (χ1v) is 9.70. The number of nitrogens with one attached hydrogen (secondary N) is 2. The van der Waals surface area contributed by atoms with Gasteiger partial charge in [-0.15, -0.1) is 11.3 Å². The number of aromatic nitrogens is 1. The van der Waals surface area contributed by atoms with Crippen molar-refractivity contribution in [2.75, 3.05) is 20.1 Å². The molecule has 130 valence electrons. The Labute approximate surface area is 156 Å². The molecule has 0 radical (unpaired) electrons. The maximum absolute atomic E-state index is 4.87. The molecule has 2 N–H and O–H groups in total. The van der Waals surface area contributed by atoms with E-state index in [-0.39, 0.29) is 0 Å². The van der Waals surface area contributed by atoms with Crippen LogP contribution in [-0.4, -0.2) is 30.1 Å². The van der Waals surface area contributed by atoms with Gasteiger partial charge in [-0.3, -0.25) is 5.01 Å². The van der Waals surface area contributed by atoms with Crippen LogP contribution in [0.15, 0.2) is 42.5 Å². The van der Waals surface area contributed by atoms with Gasteiger partial charge in [-0.05, 0) is 42.3 Å². The zero-order chi connectivity index (χ0) is 17.5. The number of hydrogen-bond donors (Lipinski definition) is 2. The highest BCUT2D eigenvalue weighted by Crippen LogP contribution is 2.32. The molecule has 4 nitrogen and oxygen atoms in total. The number of hydrogen-bond acceptors (Lipinski definition) is 5. The van der Waals surface area contributed by atoms with Crippen LogP contribution in [0, 0.1) is 0 Å². The van der Waals surface area contributed by atoms with Gasteiger partial charge in [-0.25, -0.2) is 4.98 Å². The molecule has 2 aliphatic heterocycles. The molecule has 26 heavy (non-hydrogen) atoms. The van der Waals surface area contributed by atoms with Gasteiger partial charge in [0.25, 0.3) is 0 Å². The molecule has 0 saturated heterocycles. The first-order chi connectivity index (χ1) is 12.8. The second-order valence-electron chi connectivity index (χ2n) is 6.74. The lowest BCUT2D eigenvalue weighted by molar-refractivity contribution is 0.439. The van der Waals surface area contributed by atoms with Gasteiger partial charge in [0.1, 0.15) is 5.01 Å². The summed E-state index contributed by atoms with van der Waals surface area (Å²) in [5.41, 5.74) is 8.21. The monoisotopic (exact) mass is 360 g/mol. The van der Waals surface area contributed by atoms with E-state index in [9.17, 15) is 0 Å². The summed E-state index contributed by atoms with van der Waals surface area (Å²) in [7, 11) is 2.00. The van der Waals surface area contributed by atoms with Gasteiger partial charge in [-0.1, -0.05) is 24.3 Å². The van der Waals surface area contributed by atoms with Crippen LogP contribution in [0.2, 0.25) is 0 Å². The summed E-state index contributed by atoms with van der Waals surface area (Å²) in [5.74, 6) is 0. The molecular formula is C21H20N4S. The molecule has 0 fully saturated rings. The summed E-state index contributed by atoms with van der Waals surface area (Å²) >= 11 is 1.77. The second kappa shape index (κ2) is 6.27. The van der Waals surface area contributed by atoms with Crippen molar-refractivity contribution >= 4 is 39.5 Å². The molecule has 2 aromatic carbocycles. The molecule has 5 heteroatoms. The van der Waals surface area contributed by atoms with Crippen LogP contribution < -0.4 is 21.2 Å². The summed E-state index contributed by atoms with van der Waals surface area (Å²) in [6.45, 7) is 2.02. The Morgan fingerprint density at radius 1 is 1.08 bits per heavy atom. The van der Waals surface area contributed by atoms with Gasteiger partial charge in [0.05, 0.1) is 10.2 Å². The molecule has 2 aliphatic rings. The molecule has 0 unspecified atom stereocenters. The number of benzene rings is 2. The van der Waals surface area contributed by atoms with Crippen LogP contribution in [0.25, 0.3) is 38.8 Å². The highest BCUT2D eigenvalue weighted by atomic mass is 32.1. The summed E-state index contributed by atoms with van der Waals surface area (Å²) in [4.78, 5) is 4.87. The van der Waals surface area contributed by atoms with Crippen molar-refractivity contribution in [3.63, 3.8) is 0 Å². The van der Waals surface area contributed by atoms with E-state index in [1.165, 1.54) is 31.8 Å². The number of thiazole rings is 1. The largest absolute Gasteiger partial charge is 0.313 e. The van der Waals surface area contributed by atoms with Crippen LogP contribution in [0.5, 0.6) is 0 Å². The van der Waals surface area contributed by atoms with Crippen molar-refractivity contribution in [2.45, 2.75) is 6.42 Å². The third-order valence-electron chi connectivity index (χ3n) is 4.91. The highest BCUT2D eigenvalue weighted by molar-refractivity contribution is 7.21. The van der Waals surface area contributed by atoms with Gasteiger partial charge >= 0.3 is 0 Å². The third kappa shape index (κ3) is 2.79. The minimum atomic E-state index is 0.966. The van der Waals surface area contributed by atoms with Crippen LogP contribution in [0.1, 0.15) is 12.0 Å². The van der Waals surface area contributed by atoms with E-state index in [0.717, 1.165) is 30.0 Å². The van der Waals surface area contributed by atoms with E-state index in [1.54, 1.807) is 11.3 Å². The van der Waals surface area contributed by atoms with Gasteiger partial charge < -0.3 is 10.7 Å². The molecule has 1 aromatic heterocycles. The first-order valence-electron chi connectivity index (χ1n) is 8.88. The Kier molecular flexibility index (Phi) is 3.76. The van der Waals surface area contributed by atoms with E-state index in [0.29, 0.717) is 0 Å². The smallest absolute Gasteiger partial charge is 0.124 e. The van der Waals surface area contributed by atoms with Crippen molar-refractivity contribution < 1.29 is 0 Å². The number of hydrazine groups is 1. The maximum atomic E-state index is 4.87. The molecule has 0 bridgehead atoms. The lowest BCUT2D eigenvalue weighted by Gasteiger charge is -2.17. The van der Waals surface area contributed by atoms with E-state index in [2.05, 4.69) is 59.4 Å². The number of rotatable bonds is 2. The second-order valence-corrected chi connectivity index (χ2v) is 7.77. The molecule has 0 saturated carbocycles. The zero-order valence-corrected chi connectivity index (χ0v) is 15.4. The molecule has 3 heterocycles. The number of fused-ring (bicyclic) bond motifs is 2. The van der Waals surface area contributed by atoms with Gasteiger partial charge in [-0.2, -0.15) is 0 Å². The standard InChI is InChI=1S/C21H20N4S/c1-25-13-18-10-16(2-3-17(18)12-23-25)21-24-19-5-4-15(11-20(19)26-21)14-6-8-22-9-7-14/h2-6,10-13,22-23H,7-9H2,1H3. The van der Waals surface area contributed by atoms with Crippen molar-refractivity contribution in [1.82, 2.24) is 20.7 Å². The Hall–Kier alpha value is -2.63. The van der Waals surface area contributed by atoms with E-state index >= 15 is 0 Å². The third-order valence-corrected chi connectivity index (χ3v) is 5.98. The quantitative estimate of drug-likeness (QED) is 0.736. The van der Waals surface area contributed by atoms with E-state index in [1.807, 2.05) is 18.3 Å². The van der Waals surface area contributed by atoms with Gasteiger partial charge in [0.15, 0.2) is 0 Å². The summed E-state index contributed by atoms with van der Waals surface area (Å²) < 4.78 is 1.25. The molecular weight excluding hydrogens is 340 g/mol. The predicted molar refractivity (Wildman–Crippen MR) is 110 cm³/mol. The van der Waals surface area contributed by atoms with Crippen molar-refractivity contribution in [3.05, 3.63) is 58.5 Å². The highest BCUT2D eigenvalue weighted by Gasteiger charge is 2.11. The van der Waals surface area contributed by atoms with Gasteiger partial charge in [0, 0.05) is 42.0 Å². The Morgan fingerprint density at radius 3 is 2.88 bits per heavy atom. The minimum absolute atomic E-state index is 0.966. The lowest BCUT2D eigenvalue weighted by Crippen LogP contribution is -2.39. The average molecular weight is 360 g/mol.